The molecule has 0 atom stereocenters. The summed E-state index contributed by atoms with van der Waals surface area (Å²) in [6.07, 6.45) is 0. The molecule has 0 saturated carbocycles. The third-order valence-electron chi connectivity index (χ3n) is 2.88. The molecule has 0 radical (unpaired) electrons. The molecule has 0 N–H and O–H groups in total. The van der Waals surface area contributed by atoms with Gasteiger partial charge >= 0.3 is 5.97 Å². The van der Waals surface area contributed by atoms with Crippen LogP contribution in [0.2, 0.25) is 0 Å². The third kappa shape index (κ3) is 3.91. The van der Waals surface area contributed by atoms with Crippen LogP contribution < -0.4 is 4.90 Å². The van der Waals surface area contributed by atoms with Crippen molar-refractivity contribution in [3.8, 4) is 0 Å². The van der Waals surface area contributed by atoms with Crippen molar-refractivity contribution >= 4 is 22.4 Å². The second-order valence-corrected chi connectivity index (χ2v) is 5.61. The van der Waals surface area contributed by atoms with Crippen molar-refractivity contribution in [3.05, 3.63) is 11.1 Å². The van der Waals surface area contributed by atoms with Gasteiger partial charge in [-0.2, -0.15) is 0 Å². The van der Waals surface area contributed by atoms with Crippen molar-refractivity contribution in [2.45, 2.75) is 26.2 Å². The standard InChI is InChI=1S/C13H22N2O3S/c1-6-18-11(16)13(2,3)10-9-19-12(14-10)15(4)7-8-17-5/h9H,6-8H2,1-5H3. The van der Waals surface area contributed by atoms with E-state index in [9.17, 15) is 4.79 Å². The highest BCUT2D eigenvalue weighted by Gasteiger charge is 2.34. The second-order valence-electron chi connectivity index (χ2n) is 4.78. The van der Waals surface area contributed by atoms with E-state index in [1.807, 2.05) is 31.2 Å². The molecule has 0 unspecified atom stereocenters. The predicted molar refractivity (Wildman–Crippen MR) is 76.9 cm³/mol. The van der Waals surface area contributed by atoms with Gasteiger partial charge in [-0.3, -0.25) is 4.79 Å². The summed E-state index contributed by atoms with van der Waals surface area (Å²) in [4.78, 5) is 18.5. The molecule has 0 spiro atoms. The number of hydrogen-bond acceptors (Lipinski definition) is 6. The van der Waals surface area contributed by atoms with Crippen LogP contribution in [0.25, 0.3) is 0 Å². The zero-order valence-electron chi connectivity index (χ0n) is 12.2. The van der Waals surface area contributed by atoms with Gasteiger partial charge in [0.2, 0.25) is 0 Å². The summed E-state index contributed by atoms with van der Waals surface area (Å²) in [6, 6.07) is 0. The lowest BCUT2D eigenvalue weighted by atomic mass is 9.90. The molecule has 0 aliphatic carbocycles. The average molecular weight is 286 g/mol. The Hall–Kier alpha value is -1.14. The molecule has 0 amide bonds. The largest absolute Gasteiger partial charge is 0.465 e. The van der Waals surface area contributed by atoms with Crippen molar-refractivity contribution in [1.29, 1.82) is 0 Å². The molecule has 1 aromatic rings. The van der Waals surface area contributed by atoms with E-state index in [1.165, 1.54) is 11.3 Å². The number of esters is 1. The van der Waals surface area contributed by atoms with Gasteiger partial charge in [-0.1, -0.05) is 0 Å². The van der Waals surface area contributed by atoms with Gasteiger partial charge in [0.1, 0.15) is 5.41 Å². The molecule has 0 aliphatic rings. The highest BCUT2D eigenvalue weighted by Crippen LogP contribution is 2.29. The zero-order valence-corrected chi connectivity index (χ0v) is 13.0. The first-order valence-electron chi connectivity index (χ1n) is 6.26. The molecule has 1 heterocycles. The van der Waals surface area contributed by atoms with Crippen LogP contribution in [-0.2, 0) is 19.7 Å². The Morgan fingerprint density at radius 3 is 2.79 bits per heavy atom. The van der Waals surface area contributed by atoms with Gasteiger partial charge in [-0.15, -0.1) is 11.3 Å². The van der Waals surface area contributed by atoms with E-state index in [0.717, 1.165) is 17.4 Å². The lowest BCUT2D eigenvalue weighted by molar-refractivity contribution is -0.148. The van der Waals surface area contributed by atoms with Gasteiger partial charge in [0.05, 0.1) is 18.9 Å². The number of methoxy groups -OCH3 is 1. The van der Waals surface area contributed by atoms with E-state index in [2.05, 4.69) is 4.98 Å². The van der Waals surface area contributed by atoms with Crippen molar-refractivity contribution in [2.75, 3.05) is 38.8 Å². The Kier molecular flexibility index (Phi) is 5.75. The van der Waals surface area contributed by atoms with Crippen LogP contribution in [-0.4, -0.2) is 44.9 Å². The van der Waals surface area contributed by atoms with Gasteiger partial charge in [0, 0.05) is 26.1 Å². The number of likely N-dealkylation sites (N-methyl/N-ethyl adjacent to an activating group) is 1. The maximum absolute atomic E-state index is 11.9. The van der Waals surface area contributed by atoms with E-state index in [-0.39, 0.29) is 5.97 Å². The lowest BCUT2D eigenvalue weighted by Crippen LogP contribution is -2.31. The van der Waals surface area contributed by atoms with E-state index >= 15 is 0 Å². The number of aromatic nitrogens is 1. The summed E-state index contributed by atoms with van der Waals surface area (Å²) in [5.41, 5.74) is 0.0302. The maximum Gasteiger partial charge on any atom is 0.317 e. The fourth-order valence-electron chi connectivity index (χ4n) is 1.47. The maximum atomic E-state index is 11.9. The van der Waals surface area contributed by atoms with Crippen molar-refractivity contribution in [3.63, 3.8) is 0 Å². The van der Waals surface area contributed by atoms with Crippen LogP contribution in [0.5, 0.6) is 0 Å². The quantitative estimate of drug-likeness (QED) is 0.718. The fourth-order valence-corrected chi connectivity index (χ4v) is 2.45. The molecule has 0 aromatic carbocycles. The Bertz CT molecular complexity index is 418. The molecule has 6 heteroatoms. The fraction of sp³-hybridized carbons (Fsp3) is 0.692. The first-order valence-corrected chi connectivity index (χ1v) is 7.14. The predicted octanol–water partition coefficient (Wildman–Crippen LogP) is 2.07. The number of carbonyl (C=O) groups excluding carboxylic acids is 1. The monoisotopic (exact) mass is 286 g/mol. The van der Waals surface area contributed by atoms with E-state index in [0.29, 0.717) is 13.2 Å². The van der Waals surface area contributed by atoms with Crippen LogP contribution in [0.4, 0.5) is 5.13 Å². The second kappa shape index (κ2) is 6.86. The zero-order chi connectivity index (χ0) is 14.5. The average Bonchev–Trinajstić information content (AvgIpc) is 2.86. The first-order chi connectivity index (χ1) is 8.93. The Morgan fingerprint density at radius 1 is 1.53 bits per heavy atom. The molecule has 1 rings (SSSR count). The molecule has 0 fully saturated rings. The van der Waals surface area contributed by atoms with Crippen LogP contribution >= 0.6 is 11.3 Å². The van der Waals surface area contributed by atoms with Crippen LogP contribution in [0.1, 0.15) is 26.5 Å². The molecular formula is C13H22N2O3S. The molecule has 0 bridgehead atoms. The van der Waals surface area contributed by atoms with Crippen LogP contribution in [0.15, 0.2) is 5.38 Å². The minimum Gasteiger partial charge on any atom is -0.465 e. The summed E-state index contributed by atoms with van der Waals surface area (Å²) < 4.78 is 10.1. The summed E-state index contributed by atoms with van der Waals surface area (Å²) in [7, 11) is 3.63. The number of anilines is 1. The number of carbonyl (C=O) groups is 1. The number of thiazole rings is 1. The first kappa shape index (κ1) is 15.9. The van der Waals surface area contributed by atoms with Gasteiger partial charge in [0.15, 0.2) is 5.13 Å². The number of hydrogen-bond donors (Lipinski definition) is 0. The molecule has 19 heavy (non-hydrogen) atoms. The number of rotatable bonds is 7. The van der Waals surface area contributed by atoms with Crippen LogP contribution in [0.3, 0.4) is 0 Å². The molecular weight excluding hydrogens is 264 g/mol. The van der Waals surface area contributed by atoms with E-state index < -0.39 is 5.41 Å². The Morgan fingerprint density at radius 2 is 2.21 bits per heavy atom. The Balaban J connectivity index is 2.80. The third-order valence-corrected chi connectivity index (χ3v) is 3.83. The molecule has 5 nitrogen and oxygen atoms in total. The smallest absolute Gasteiger partial charge is 0.317 e. The van der Waals surface area contributed by atoms with Crippen molar-refractivity contribution < 1.29 is 14.3 Å². The highest BCUT2D eigenvalue weighted by atomic mass is 32.1. The SMILES string of the molecule is CCOC(=O)C(C)(C)c1csc(N(C)CCOC)n1. The van der Waals surface area contributed by atoms with Crippen LogP contribution in [0, 0.1) is 0 Å². The van der Waals surface area contributed by atoms with Gasteiger partial charge < -0.3 is 14.4 Å². The molecule has 0 aliphatic heterocycles. The van der Waals surface area contributed by atoms with Gasteiger partial charge in [0.25, 0.3) is 0 Å². The molecule has 0 saturated heterocycles. The normalized spacial score (nSPS) is 11.4. The minimum atomic E-state index is -0.715. The summed E-state index contributed by atoms with van der Waals surface area (Å²) in [5, 5.41) is 2.79. The van der Waals surface area contributed by atoms with Gasteiger partial charge in [-0.05, 0) is 20.8 Å². The summed E-state index contributed by atoms with van der Waals surface area (Å²) in [5.74, 6) is -0.244. The minimum absolute atomic E-state index is 0.244. The van der Waals surface area contributed by atoms with Gasteiger partial charge in [-0.25, -0.2) is 4.98 Å². The molecule has 1 aromatic heterocycles. The van der Waals surface area contributed by atoms with E-state index in [4.69, 9.17) is 9.47 Å². The summed E-state index contributed by atoms with van der Waals surface area (Å²) >= 11 is 1.52. The lowest BCUT2D eigenvalue weighted by Gasteiger charge is -2.20. The summed E-state index contributed by atoms with van der Waals surface area (Å²) in [6.45, 7) is 7.26. The van der Waals surface area contributed by atoms with Crippen molar-refractivity contribution in [1.82, 2.24) is 4.98 Å². The highest BCUT2D eigenvalue weighted by molar-refractivity contribution is 7.13. The van der Waals surface area contributed by atoms with E-state index in [1.54, 1.807) is 14.0 Å². The topological polar surface area (TPSA) is 51.7 Å². The molecule has 108 valence electrons. The Labute approximate surface area is 118 Å². The van der Waals surface area contributed by atoms with Crippen molar-refractivity contribution in [2.24, 2.45) is 0 Å². The number of ether oxygens (including phenoxy) is 2. The number of nitrogens with zero attached hydrogens (tertiary/aromatic N) is 2.